The van der Waals surface area contributed by atoms with E-state index in [1.807, 2.05) is 6.92 Å². The zero-order chi connectivity index (χ0) is 12.0. The molecule has 0 saturated carbocycles. The standard InChI is InChI=1S/C12H25N3O/c1-4-10(3)9-15-7-6-13-8-11(15)12(16)14-5-2/h10-11,13H,4-9H2,1-3H3,(H,14,16). The fourth-order valence-electron chi connectivity index (χ4n) is 2.04. The van der Waals surface area contributed by atoms with Crippen LogP contribution in [-0.4, -0.2) is 49.6 Å². The van der Waals surface area contributed by atoms with E-state index in [9.17, 15) is 4.79 Å². The van der Waals surface area contributed by atoms with E-state index in [0.29, 0.717) is 12.5 Å². The largest absolute Gasteiger partial charge is 0.355 e. The van der Waals surface area contributed by atoms with E-state index in [0.717, 1.165) is 26.2 Å². The van der Waals surface area contributed by atoms with E-state index >= 15 is 0 Å². The molecule has 94 valence electrons. The third-order valence-electron chi connectivity index (χ3n) is 3.25. The topological polar surface area (TPSA) is 44.4 Å². The van der Waals surface area contributed by atoms with E-state index in [-0.39, 0.29) is 11.9 Å². The Labute approximate surface area is 98.8 Å². The quantitative estimate of drug-likeness (QED) is 0.716. The lowest BCUT2D eigenvalue weighted by Crippen LogP contribution is -2.58. The molecule has 1 aliphatic heterocycles. The van der Waals surface area contributed by atoms with Crippen molar-refractivity contribution in [2.24, 2.45) is 5.92 Å². The smallest absolute Gasteiger partial charge is 0.238 e. The summed E-state index contributed by atoms with van der Waals surface area (Å²) in [7, 11) is 0. The SMILES string of the molecule is CCNC(=O)C1CNCCN1CC(C)CC. The van der Waals surface area contributed by atoms with E-state index in [4.69, 9.17) is 0 Å². The molecule has 0 aromatic carbocycles. The molecule has 0 aromatic heterocycles. The Bertz CT molecular complexity index is 220. The molecule has 1 saturated heterocycles. The molecule has 1 heterocycles. The molecular weight excluding hydrogens is 202 g/mol. The van der Waals surface area contributed by atoms with Crippen LogP contribution in [-0.2, 0) is 4.79 Å². The second-order valence-electron chi connectivity index (χ2n) is 4.62. The number of carbonyl (C=O) groups is 1. The molecule has 1 fully saturated rings. The predicted octanol–water partition coefficient (Wildman–Crippen LogP) is 0.442. The van der Waals surface area contributed by atoms with Crippen molar-refractivity contribution in [3.05, 3.63) is 0 Å². The van der Waals surface area contributed by atoms with Crippen molar-refractivity contribution in [2.75, 3.05) is 32.7 Å². The number of rotatable bonds is 5. The minimum absolute atomic E-state index is 0.0164. The van der Waals surface area contributed by atoms with Gasteiger partial charge in [0, 0.05) is 32.7 Å². The molecule has 2 unspecified atom stereocenters. The second kappa shape index (κ2) is 6.86. The zero-order valence-corrected chi connectivity index (χ0v) is 10.8. The number of likely N-dealkylation sites (N-methyl/N-ethyl adjacent to an activating group) is 1. The summed E-state index contributed by atoms with van der Waals surface area (Å²) in [5.41, 5.74) is 0. The molecule has 0 aliphatic carbocycles. The van der Waals surface area contributed by atoms with E-state index in [1.165, 1.54) is 6.42 Å². The highest BCUT2D eigenvalue weighted by atomic mass is 16.2. The maximum Gasteiger partial charge on any atom is 0.238 e. The summed E-state index contributed by atoms with van der Waals surface area (Å²) < 4.78 is 0. The molecule has 1 amide bonds. The van der Waals surface area contributed by atoms with Gasteiger partial charge in [0.05, 0.1) is 0 Å². The highest BCUT2D eigenvalue weighted by Crippen LogP contribution is 2.10. The molecule has 0 aromatic rings. The summed E-state index contributed by atoms with van der Waals surface area (Å²) in [6.45, 7) is 10.9. The molecule has 2 N–H and O–H groups in total. The lowest BCUT2D eigenvalue weighted by Gasteiger charge is -2.36. The van der Waals surface area contributed by atoms with Crippen LogP contribution >= 0.6 is 0 Å². The average molecular weight is 227 g/mol. The van der Waals surface area contributed by atoms with E-state index < -0.39 is 0 Å². The van der Waals surface area contributed by atoms with Gasteiger partial charge >= 0.3 is 0 Å². The monoisotopic (exact) mass is 227 g/mol. The summed E-state index contributed by atoms with van der Waals surface area (Å²) in [5.74, 6) is 0.827. The number of carbonyl (C=O) groups excluding carboxylic acids is 1. The predicted molar refractivity (Wildman–Crippen MR) is 66.4 cm³/mol. The van der Waals surface area contributed by atoms with Crippen LogP contribution in [0.15, 0.2) is 0 Å². The molecule has 4 nitrogen and oxygen atoms in total. The minimum Gasteiger partial charge on any atom is -0.355 e. The molecule has 16 heavy (non-hydrogen) atoms. The Morgan fingerprint density at radius 2 is 2.31 bits per heavy atom. The number of piperazine rings is 1. The van der Waals surface area contributed by atoms with Crippen molar-refractivity contribution < 1.29 is 4.79 Å². The fourth-order valence-corrected chi connectivity index (χ4v) is 2.04. The Morgan fingerprint density at radius 1 is 1.56 bits per heavy atom. The first-order valence-corrected chi connectivity index (χ1v) is 6.41. The summed E-state index contributed by atoms with van der Waals surface area (Å²) in [5, 5.41) is 6.21. The normalized spacial score (nSPS) is 24.1. The lowest BCUT2D eigenvalue weighted by molar-refractivity contribution is -0.127. The second-order valence-corrected chi connectivity index (χ2v) is 4.62. The van der Waals surface area contributed by atoms with Crippen molar-refractivity contribution in [3.8, 4) is 0 Å². The summed E-state index contributed by atoms with van der Waals surface area (Å²) in [4.78, 5) is 14.2. The molecule has 0 radical (unpaired) electrons. The Hall–Kier alpha value is -0.610. The molecule has 4 heteroatoms. The van der Waals surface area contributed by atoms with Crippen molar-refractivity contribution in [3.63, 3.8) is 0 Å². The maximum atomic E-state index is 11.9. The number of nitrogens with one attached hydrogen (secondary N) is 2. The van der Waals surface area contributed by atoms with Gasteiger partial charge in [0.1, 0.15) is 6.04 Å². The first kappa shape index (κ1) is 13.5. The summed E-state index contributed by atoms with van der Waals surface area (Å²) in [6, 6.07) is 0.0164. The maximum absolute atomic E-state index is 11.9. The minimum atomic E-state index is 0.0164. The molecular formula is C12H25N3O. The van der Waals surface area contributed by atoms with Crippen LogP contribution in [0.25, 0.3) is 0 Å². The Morgan fingerprint density at radius 3 is 2.94 bits per heavy atom. The van der Waals surface area contributed by atoms with E-state index in [1.54, 1.807) is 0 Å². The number of amides is 1. The van der Waals surface area contributed by atoms with Crippen LogP contribution in [0.2, 0.25) is 0 Å². The summed E-state index contributed by atoms with van der Waals surface area (Å²) >= 11 is 0. The van der Waals surface area contributed by atoms with Crippen molar-refractivity contribution in [1.29, 1.82) is 0 Å². The van der Waals surface area contributed by atoms with Crippen molar-refractivity contribution in [2.45, 2.75) is 33.2 Å². The molecule has 2 atom stereocenters. The molecule has 1 aliphatic rings. The van der Waals surface area contributed by atoms with E-state index in [2.05, 4.69) is 29.4 Å². The fraction of sp³-hybridized carbons (Fsp3) is 0.917. The molecule has 0 spiro atoms. The van der Waals surface area contributed by atoms with Gasteiger partial charge in [-0.15, -0.1) is 0 Å². The lowest BCUT2D eigenvalue weighted by atomic mass is 10.1. The van der Waals surface area contributed by atoms with Crippen LogP contribution in [0.5, 0.6) is 0 Å². The van der Waals surface area contributed by atoms with Gasteiger partial charge in [-0.05, 0) is 12.8 Å². The number of hydrogen-bond donors (Lipinski definition) is 2. The van der Waals surface area contributed by atoms with Crippen molar-refractivity contribution in [1.82, 2.24) is 15.5 Å². The third-order valence-corrected chi connectivity index (χ3v) is 3.25. The Balaban J connectivity index is 2.52. The zero-order valence-electron chi connectivity index (χ0n) is 10.8. The van der Waals surface area contributed by atoms with Crippen LogP contribution < -0.4 is 10.6 Å². The van der Waals surface area contributed by atoms with Gasteiger partial charge in [-0.1, -0.05) is 20.3 Å². The van der Waals surface area contributed by atoms with Gasteiger partial charge in [-0.25, -0.2) is 0 Å². The molecule has 1 rings (SSSR count). The van der Waals surface area contributed by atoms with Crippen molar-refractivity contribution >= 4 is 5.91 Å². The van der Waals surface area contributed by atoms with Gasteiger partial charge < -0.3 is 10.6 Å². The van der Waals surface area contributed by atoms with Gasteiger partial charge in [-0.3, -0.25) is 9.69 Å². The van der Waals surface area contributed by atoms with Crippen LogP contribution in [0.4, 0.5) is 0 Å². The van der Waals surface area contributed by atoms with Gasteiger partial charge in [0.15, 0.2) is 0 Å². The number of nitrogens with zero attached hydrogens (tertiary/aromatic N) is 1. The number of hydrogen-bond acceptors (Lipinski definition) is 3. The van der Waals surface area contributed by atoms with Crippen LogP contribution in [0.3, 0.4) is 0 Å². The average Bonchev–Trinajstić information content (AvgIpc) is 2.30. The van der Waals surface area contributed by atoms with Crippen LogP contribution in [0.1, 0.15) is 27.2 Å². The van der Waals surface area contributed by atoms with Gasteiger partial charge in [0.2, 0.25) is 5.91 Å². The highest BCUT2D eigenvalue weighted by Gasteiger charge is 2.28. The highest BCUT2D eigenvalue weighted by molar-refractivity contribution is 5.82. The Kier molecular flexibility index (Phi) is 5.77. The first-order valence-electron chi connectivity index (χ1n) is 6.41. The first-order chi connectivity index (χ1) is 7.69. The third kappa shape index (κ3) is 3.76. The van der Waals surface area contributed by atoms with Gasteiger partial charge in [0.25, 0.3) is 0 Å². The van der Waals surface area contributed by atoms with Gasteiger partial charge in [-0.2, -0.15) is 0 Å². The summed E-state index contributed by atoms with van der Waals surface area (Å²) in [6.07, 6.45) is 1.17. The molecule has 0 bridgehead atoms. The van der Waals surface area contributed by atoms with Crippen LogP contribution in [0, 0.1) is 5.92 Å².